The number of amides is 1. The molecule has 0 radical (unpaired) electrons. The van der Waals surface area contributed by atoms with E-state index in [-0.39, 0.29) is 11.7 Å². The predicted molar refractivity (Wildman–Crippen MR) is 117 cm³/mol. The number of halogens is 2. The van der Waals surface area contributed by atoms with E-state index < -0.39 is 5.76 Å². The zero-order chi connectivity index (χ0) is 21.6. The van der Waals surface area contributed by atoms with E-state index in [0.29, 0.717) is 34.0 Å². The summed E-state index contributed by atoms with van der Waals surface area (Å²) < 4.78 is 32.3. The van der Waals surface area contributed by atoms with Crippen molar-refractivity contribution in [2.45, 2.75) is 35.2 Å². The van der Waals surface area contributed by atoms with Gasteiger partial charge in [0.1, 0.15) is 5.76 Å². The summed E-state index contributed by atoms with van der Waals surface area (Å²) in [5, 5.41) is 12.1. The van der Waals surface area contributed by atoms with Crippen LogP contribution in [0.3, 0.4) is 0 Å². The molecule has 1 N–H and O–H groups in total. The van der Waals surface area contributed by atoms with Gasteiger partial charge in [0.15, 0.2) is 5.16 Å². The minimum atomic E-state index is -2.47. The molecule has 0 unspecified atom stereocenters. The van der Waals surface area contributed by atoms with Crippen LogP contribution in [0.1, 0.15) is 18.6 Å². The number of carbonyl (C=O) groups excluding carboxylic acids is 1. The number of thioether (sulfide) groups is 2. The number of carbonyl (C=O) groups is 1. The Morgan fingerprint density at radius 1 is 1.16 bits per heavy atom. The first-order chi connectivity index (χ1) is 15.1. The molecule has 0 atom stereocenters. The smallest absolute Gasteiger partial charge is 0.288 e. The van der Waals surface area contributed by atoms with Gasteiger partial charge in [-0.25, -0.2) is 0 Å². The molecule has 164 valence electrons. The molecule has 3 heterocycles. The Morgan fingerprint density at radius 2 is 1.94 bits per heavy atom. The summed E-state index contributed by atoms with van der Waals surface area (Å²) in [6.07, 6.45) is 3.86. The van der Waals surface area contributed by atoms with Crippen molar-refractivity contribution in [2.75, 3.05) is 29.1 Å². The van der Waals surface area contributed by atoms with Gasteiger partial charge in [0.2, 0.25) is 11.9 Å². The summed E-state index contributed by atoms with van der Waals surface area (Å²) in [6, 6.07) is 10.1. The van der Waals surface area contributed by atoms with E-state index >= 15 is 0 Å². The van der Waals surface area contributed by atoms with Crippen LogP contribution in [0.2, 0.25) is 0 Å². The minimum Gasteiger partial charge on any atom is -0.467 e. The molecule has 2 aromatic heterocycles. The van der Waals surface area contributed by atoms with Gasteiger partial charge in [-0.1, -0.05) is 23.5 Å². The molecule has 0 bridgehead atoms. The van der Waals surface area contributed by atoms with Gasteiger partial charge in [-0.05, 0) is 49.2 Å². The zero-order valence-electron chi connectivity index (χ0n) is 16.5. The van der Waals surface area contributed by atoms with E-state index in [4.69, 9.17) is 4.42 Å². The van der Waals surface area contributed by atoms with Gasteiger partial charge in [-0.2, -0.15) is 8.78 Å². The molecule has 1 aliphatic rings. The van der Waals surface area contributed by atoms with Crippen molar-refractivity contribution in [1.29, 1.82) is 0 Å². The molecule has 1 saturated heterocycles. The highest BCUT2D eigenvalue weighted by Crippen LogP contribution is 2.27. The Balaban J connectivity index is 1.39. The van der Waals surface area contributed by atoms with Crippen molar-refractivity contribution < 1.29 is 18.0 Å². The monoisotopic (exact) mass is 465 g/mol. The number of hydrogen-bond donors (Lipinski definition) is 1. The summed E-state index contributed by atoms with van der Waals surface area (Å²) in [5.74, 6) is -0.975. The number of alkyl halides is 2. The molecule has 0 aliphatic carbocycles. The summed E-state index contributed by atoms with van der Waals surface area (Å²) in [4.78, 5) is 15.0. The average Bonchev–Trinajstić information content (AvgIpc) is 3.50. The van der Waals surface area contributed by atoms with Gasteiger partial charge in [0.25, 0.3) is 5.76 Å². The second-order valence-electron chi connectivity index (χ2n) is 6.88. The van der Waals surface area contributed by atoms with Crippen LogP contribution in [0.25, 0.3) is 0 Å². The highest BCUT2D eigenvalue weighted by atomic mass is 32.2. The highest BCUT2D eigenvalue weighted by molar-refractivity contribution is 8.00. The average molecular weight is 466 g/mol. The van der Waals surface area contributed by atoms with Crippen LogP contribution in [-0.2, 0) is 11.3 Å². The lowest BCUT2D eigenvalue weighted by atomic mass is 10.3. The summed E-state index contributed by atoms with van der Waals surface area (Å²) in [5.41, 5.74) is 0.555. The number of rotatable bonds is 9. The Morgan fingerprint density at radius 3 is 2.61 bits per heavy atom. The molecular weight excluding hydrogens is 444 g/mol. The molecule has 4 rings (SSSR count). The number of furan rings is 1. The third-order valence-corrected chi connectivity index (χ3v) is 6.37. The molecule has 31 heavy (non-hydrogen) atoms. The van der Waals surface area contributed by atoms with E-state index in [1.807, 2.05) is 16.7 Å². The fraction of sp³-hybridized carbons (Fsp3) is 0.350. The maximum absolute atomic E-state index is 12.4. The van der Waals surface area contributed by atoms with Gasteiger partial charge in [-0.3, -0.25) is 9.36 Å². The van der Waals surface area contributed by atoms with Crippen molar-refractivity contribution >= 4 is 41.1 Å². The molecule has 1 amide bonds. The fourth-order valence-electron chi connectivity index (χ4n) is 3.28. The molecule has 11 heteroatoms. The standard InChI is InChI=1S/C20H21F2N5O2S2/c21-18(22)31-16-7-5-14(6-8-16)23-17(28)13-30-20-25-24-19(26-9-1-2-10-26)27(20)12-15-4-3-11-29-15/h3-8,11,18H,1-2,9-10,12-13H2,(H,23,28). The van der Waals surface area contributed by atoms with Crippen LogP contribution in [-0.4, -0.2) is 45.3 Å². The molecule has 7 nitrogen and oxygen atoms in total. The first-order valence-electron chi connectivity index (χ1n) is 9.76. The number of benzene rings is 1. The second kappa shape index (κ2) is 10.2. The van der Waals surface area contributed by atoms with Gasteiger partial charge in [0.05, 0.1) is 18.6 Å². The zero-order valence-corrected chi connectivity index (χ0v) is 18.2. The Labute approximate surface area is 186 Å². The van der Waals surface area contributed by atoms with Crippen molar-refractivity contribution in [2.24, 2.45) is 0 Å². The first kappa shape index (κ1) is 21.7. The minimum absolute atomic E-state index is 0.143. The van der Waals surface area contributed by atoms with Crippen LogP contribution < -0.4 is 10.2 Å². The predicted octanol–water partition coefficient (Wildman–Crippen LogP) is 4.57. The maximum atomic E-state index is 12.4. The topological polar surface area (TPSA) is 76.2 Å². The number of aromatic nitrogens is 3. The lowest BCUT2D eigenvalue weighted by Crippen LogP contribution is -2.22. The summed E-state index contributed by atoms with van der Waals surface area (Å²) in [6.45, 7) is 2.35. The van der Waals surface area contributed by atoms with E-state index in [1.54, 1.807) is 30.5 Å². The van der Waals surface area contributed by atoms with Crippen LogP contribution in [0, 0.1) is 0 Å². The number of nitrogens with zero attached hydrogens (tertiary/aromatic N) is 4. The second-order valence-corrected chi connectivity index (χ2v) is 8.89. The SMILES string of the molecule is O=C(CSc1nnc(N2CCCC2)n1Cc1ccco1)Nc1ccc(SC(F)F)cc1. The largest absolute Gasteiger partial charge is 0.467 e. The van der Waals surface area contributed by atoms with Crippen molar-refractivity contribution in [3.05, 3.63) is 48.4 Å². The summed E-state index contributed by atoms with van der Waals surface area (Å²) in [7, 11) is 0. The van der Waals surface area contributed by atoms with Gasteiger partial charge >= 0.3 is 0 Å². The molecular formula is C20H21F2N5O2S2. The first-order valence-corrected chi connectivity index (χ1v) is 11.6. The third-order valence-electron chi connectivity index (χ3n) is 4.68. The molecule has 0 spiro atoms. The van der Waals surface area contributed by atoms with Crippen molar-refractivity contribution in [1.82, 2.24) is 14.8 Å². The fourth-order valence-corrected chi connectivity index (χ4v) is 4.51. The molecule has 1 aliphatic heterocycles. The number of anilines is 2. The van der Waals surface area contributed by atoms with Crippen molar-refractivity contribution in [3.8, 4) is 0 Å². The number of nitrogens with one attached hydrogen (secondary N) is 1. The molecule has 1 aromatic carbocycles. The highest BCUT2D eigenvalue weighted by Gasteiger charge is 2.22. The third kappa shape index (κ3) is 5.79. The normalized spacial score (nSPS) is 13.8. The lowest BCUT2D eigenvalue weighted by molar-refractivity contribution is -0.113. The van der Waals surface area contributed by atoms with Gasteiger partial charge in [-0.15, -0.1) is 10.2 Å². The van der Waals surface area contributed by atoms with Gasteiger partial charge < -0.3 is 14.6 Å². The molecule has 3 aromatic rings. The van der Waals surface area contributed by atoms with E-state index in [1.165, 1.54) is 11.8 Å². The van der Waals surface area contributed by atoms with Crippen LogP contribution in [0.15, 0.2) is 57.1 Å². The van der Waals surface area contributed by atoms with E-state index in [2.05, 4.69) is 20.4 Å². The lowest BCUT2D eigenvalue weighted by Gasteiger charge is -2.17. The van der Waals surface area contributed by atoms with E-state index in [9.17, 15) is 13.6 Å². The van der Waals surface area contributed by atoms with Crippen LogP contribution in [0.4, 0.5) is 20.4 Å². The van der Waals surface area contributed by atoms with Crippen LogP contribution >= 0.6 is 23.5 Å². The molecule has 1 fully saturated rings. The Bertz CT molecular complexity index is 990. The maximum Gasteiger partial charge on any atom is 0.288 e. The van der Waals surface area contributed by atoms with Crippen molar-refractivity contribution in [3.63, 3.8) is 0 Å². The molecule has 0 saturated carbocycles. The Hall–Kier alpha value is -2.53. The van der Waals surface area contributed by atoms with Gasteiger partial charge in [0, 0.05) is 23.7 Å². The quantitative estimate of drug-likeness (QED) is 0.464. The van der Waals surface area contributed by atoms with Crippen LogP contribution in [0.5, 0.6) is 0 Å². The Kier molecular flexibility index (Phi) is 7.13. The summed E-state index contributed by atoms with van der Waals surface area (Å²) >= 11 is 1.76. The van der Waals surface area contributed by atoms with E-state index in [0.717, 1.165) is 37.6 Å². The number of hydrogen-bond acceptors (Lipinski definition) is 7.